The van der Waals surface area contributed by atoms with Crippen molar-refractivity contribution >= 4 is 47.6 Å². The minimum atomic E-state index is -2.76. The predicted octanol–water partition coefficient (Wildman–Crippen LogP) is 4.67. The molecule has 285 valence electrons. The zero-order valence-electron chi connectivity index (χ0n) is 32.6. The van der Waals surface area contributed by atoms with E-state index in [1.165, 1.54) is 4.90 Å². The summed E-state index contributed by atoms with van der Waals surface area (Å²) >= 11 is -2.76. The van der Waals surface area contributed by atoms with E-state index in [4.69, 9.17) is 5.73 Å². The molecule has 0 unspecified atom stereocenters. The molecule has 4 N–H and O–H groups in total. The zero-order chi connectivity index (χ0) is 38.5. The normalized spacial score (nSPS) is 17.7. The topological polar surface area (TPSA) is 142 Å². The molecule has 1 aliphatic rings. The molecule has 6 atom stereocenters. The molecule has 0 spiro atoms. The molecule has 1 radical (unpaired) electrons. The van der Waals surface area contributed by atoms with Gasteiger partial charge in [0.1, 0.15) is 0 Å². The first-order chi connectivity index (χ1) is 24.7. The van der Waals surface area contributed by atoms with E-state index < -0.39 is 43.9 Å². The maximum atomic E-state index is 14.0. The van der Waals surface area contributed by atoms with E-state index in [1.54, 1.807) is 7.05 Å². The van der Waals surface area contributed by atoms with Crippen LogP contribution in [-0.4, -0.2) is 108 Å². The van der Waals surface area contributed by atoms with Gasteiger partial charge >= 0.3 is 288 Å². The van der Waals surface area contributed by atoms with Crippen molar-refractivity contribution in [3.63, 3.8) is 0 Å². The molecule has 2 aromatic rings. The van der Waals surface area contributed by atoms with Crippen molar-refractivity contribution in [1.29, 1.82) is 0 Å². The Hall–Kier alpha value is -3.09. The van der Waals surface area contributed by atoms with Gasteiger partial charge in [-0.2, -0.15) is 0 Å². The van der Waals surface area contributed by atoms with E-state index in [2.05, 4.69) is 63.8 Å². The first-order valence-electron chi connectivity index (χ1n) is 19.0. The average molecular weight is 824 g/mol. The van der Waals surface area contributed by atoms with Gasteiger partial charge in [-0.15, -0.1) is 0 Å². The number of likely N-dealkylation sites (N-methyl/N-ethyl adjacent to an activating group) is 1. The molecule has 3 rings (SSSR count). The van der Waals surface area contributed by atoms with Crippen LogP contribution in [0.3, 0.4) is 0 Å². The number of benzene rings is 2. The van der Waals surface area contributed by atoms with E-state index in [1.807, 2.05) is 52.8 Å². The molecule has 0 saturated carbocycles. The van der Waals surface area contributed by atoms with Crippen LogP contribution in [-0.2, 0) is 30.4 Å². The molecule has 52 heavy (non-hydrogen) atoms. The molecule has 10 nitrogen and oxygen atoms in total. The van der Waals surface area contributed by atoms with E-state index in [0.717, 1.165) is 35.9 Å². The molecule has 1 fully saturated rings. The summed E-state index contributed by atoms with van der Waals surface area (Å²) in [6.45, 7) is 13.5. The summed E-state index contributed by atoms with van der Waals surface area (Å²) in [6, 6.07) is 16.1. The van der Waals surface area contributed by atoms with Crippen LogP contribution in [0.15, 0.2) is 54.6 Å². The number of hydrogen-bond acceptors (Lipinski definition) is 7. The number of likely N-dealkylation sites (tertiary alicyclic amines) is 1. The number of carbonyl (C=O) groups is 5. The molecule has 0 aromatic heterocycles. The molecular weight excluding hydrogens is 761 g/mol. The van der Waals surface area contributed by atoms with Gasteiger partial charge < -0.3 is 0 Å². The fourth-order valence-electron chi connectivity index (χ4n) is 7.02. The number of aldehydes is 1. The maximum absolute atomic E-state index is 14.0. The van der Waals surface area contributed by atoms with Gasteiger partial charge in [-0.3, -0.25) is 0 Å². The van der Waals surface area contributed by atoms with Crippen molar-refractivity contribution in [2.24, 2.45) is 23.5 Å². The molecule has 1 aliphatic heterocycles. The number of nitrogens with two attached hydrogens (primary N) is 1. The van der Waals surface area contributed by atoms with Crippen molar-refractivity contribution in [2.45, 2.75) is 107 Å². The monoisotopic (exact) mass is 824 g/mol. The van der Waals surface area contributed by atoms with Crippen molar-refractivity contribution in [3.05, 3.63) is 60.2 Å². The van der Waals surface area contributed by atoms with Gasteiger partial charge in [0.2, 0.25) is 0 Å². The first kappa shape index (κ1) is 43.3. The van der Waals surface area contributed by atoms with Gasteiger partial charge in [0.05, 0.1) is 0 Å². The summed E-state index contributed by atoms with van der Waals surface area (Å²) in [5.41, 5.74) is 9.20. The third kappa shape index (κ3) is 12.2. The Labute approximate surface area is 318 Å². The molecule has 11 heteroatoms. The molecule has 1 heterocycles. The van der Waals surface area contributed by atoms with E-state index in [-0.39, 0.29) is 56.2 Å². The van der Waals surface area contributed by atoms with Crippen molar-refractivity contribution in [1.82, 2.24) is 20.4 Å². The summed E-state index contributed by atoms with van der Waals surface area (Å²) in [7, 11) is 1.64. The standard InChI is InChI=1S/C21H24NO2.C19H35N4O3.CH3.Sn/c1-15(2)20(14-23)22-21(24)16(3)13-17-9-11-19(12-10-17)18-7-5-4-6-8-18;1-5-10-23-11-6-7-17(23)19(26)22(4)16(8-9-20)18(25)21-15(13-24)12-14(2)3;;/h4-12,15-16,20H,13H2,1-3H3,(H,22,24);5,13-17H,6-12,20H2,1-4H3,(H,21,25);1H3;/t16-,20+;15-,16-,17+;;/m00../s1. The molecular formula is C41H62N5O5Sn. The quantitative estimate of drug-likeness (QED) is 0.130. The Balaban J connectivity index is 1.61. The van der Waals surface area contributed by atoms with E-state index in [9.17, 15) is 24.0 Å². The molecule has 2 aromatic carbocycles. The molecule has 0 bridgehead atoms. The molecule has 0 aliphatic carbocycles. The number of nitrogens with zero attached hydrogens (tertiary/aromatic N) is 2. The molecule has 3 amide bonds. The average Bonchev–Trinajstić information content (AvgIpc) is 3.59. The summed E-state index contributed by atoms with van der Waals surface area (Å²) in [5.74, 6) is -0.749. The van der Waals surface area contributed by atoms with Gasteiger partial charge in [0.15, 0.2) is 0 Å². The van der Waals surface area contributed by atoms with Crippen LogP contribution in [0.1, 0.15) is 72.8 Å². The number of carbonyl (C=O) groups excluding carboxylic acids is 5. The van der Waals surface area contributed by atoms with Gasteiger partial charge in [0.25, 0.3) is 0 Å². The summed E-state index contributed by atoms with van der Waals surface area (Å²) in [5, 5.41) is 5.93. The Kier molecular flexibility index (Phi) is 17.5. The van der Waals surface area contributed by atoms with Crippen molar-refractivity contribution < 1.29 is 24.0 Å². The second kappa shape index (κ2) is 21.0. The molecule has 1 saturated heterocycles. The van der Waals surface area contributed by atoms with E-state index in [0.29, 0.717) is 25.8 Å². The number of amides is 3. The van der Waals surface area contributed by atoms with Gasteiger partial charge in [-0.1, -0.05) is 32.0 Å². The Morgan fingerprint density at radius 2 is 1.58 bits per heavy atom. The Morgan fingerprint density at radius 3 is 2.15 bits per heavy atom. The second-order valence-corrected chi connectivity index (χ2v) is 23.5. The number of nitrogens with one attached hydrogen (secondary N) is 2. The third-order valence-electron chi connectivity index (χ3n) is 10.4. The number of rotatable bonds is 20. The van der Waals surface area contributed by atoms with Gasteiger partial charge in [-0.25, -0.2) is 0 Å². The summed E-state index contributed by atoms with van der Waals surface area (Å²) in [6.07, 6.45) is 3.65. The minimum absolute atomic E-state index is 0.0451. The fraction of sp³-hybridized carbons (Fsp3) is 0.585. The van der Waals surface area contributed by atoms with Crippen LogP contribution in [0.25, 0.3) is 11.1 Å². The SMILES string of the molecule is CC(C)C[C@@H](C=O)NC(=O)[C@H](CCN)N(C)C(=O)[C@H]1CCCN1C[C@H](C)[Sn]([CH3])[C](=O)[C@@H](NC(=O)[C@@H](C)Cc1ccc(-c2ccccc2)cc1)C(C)C. The van der Waals surface area contributed by atoms with Crippen LogP contribution in [0.2, 0.25) is 8.87 Å². The van der Waals surface area contributed by atoms with Crippen LogP contribution >= 0.6 is 0 Å². The second-order valence-electron chi connectivity index (χ2n) is 15.4. The number of hydrogen-bond donors (Lipinski definition) is 3. The van der Waals surface area contributed by atoms with Crippen molar-refractivity contribution in [2.75, 3.05) is 26.7 Å². The van der Waals surface area contributed by atoms with Crippen LogP contribution < -0.4 is 16.4 Å². The van der Waals surface area contributed by atoms with Crippen LogP contribution in [0, 0.1) is 17.8 Å². The van der Waals surface area contributed by atoms with Gasteiger partial charge in [-0.05, 0) is 0 Å². The Bertz CT molecular complexity index is 1470. The Morgan fingerprint density at radius 1 is 0.942 bits per heavy atom. The zero-order valence-corrected chi connectivity index (χ0v) is 35.4. The first-order valence-corrected chi connectivity index (χ1v) is 24.9. The third-order valence-corrected chi connectivity index (χ3v) is 18.2. The van der Waals surface area contributed by atoms with Crippen LogP contribution in [0.5, 0.6) is 0 Å². The van der Waals surface area contributed by atoms with Crippen LogP contribution in [0.4, 0.5) is 0 Å². The fourth-order valence-corrected chi connectivity index (χ4v) is 12.4. The van der Waals surface area contributed by atoms with Crippen molar-refractivity contribution in [3.8, 4) is 11.1 Å². The van der Waals surface area contributed by atoms with Gasteiger partial charge in [0, 0.05) is 0 Å². The van der Waals surface area contributed by atoms with E-state index >= 15 is 0 Å². The summed E-state index contributed by atoms with van der Waals surface area (Å²) < 4.78 is 0.294. The summed E-state index contributed by atoms with van der Waals surface area (Å²) in [4.78, 5) is 72.0. The predicted molar refractivity (Wildman–Crippen MR) is 210 cm³/mol.